The fraction of sp³-hybridized carbons (Fsp3) is 0.444. The van der Waals surface area contributed by atoms with E-state index in [1.165, 1.54) is 4.90 Å². The lowest BCUT2D eigenvalue weighted by atomic mass is 9.88. The van der Waals surface area contributed by atoms with Gasteiger partial charge in [0.2, 0.25) is 0 Å². The number of hydrogen-bond acceptors (Lipinski definition) is 9. The molecule has 8 nitrogen and oxygen atoms in total. The molecule has 1 saturated heterocycles. The second kappa shape index (κ2) is 14.4. The van der Waals surface area contributed by atoms with Crippen molar-refractivity contribution in [1.29, 1.82) is 0 Å². The Morgan fingerprint density at radius 1 is 0.889 bits per heavy atom. The second-order valence-corrected chi connectivity index (χ2v) is 9.26. The number of thioether (sulfide) groups is 1. The molecule has 1 aliphatic rings. The zero-order chi connectivity index (χ0) is 25.9. The number of aliphatic hydroxyl groups excluding tert-OH is 1. The van der Waals surface area contributed by atoms with Crippen molar-refractivity contribution in [1.82, 2.24) is 0 Å². The summed E-state index contributed by atoms with van der Waals surface area (Å²) in [5.41, 5.74) is 4.13. The van der Waals surface area contributed by atoms with E-state index < -0.39 is 37.1 Å². The molecule has 36 heavy (non-hydrogen) atoms. The molecule has 0 radical (unpaired) electrons. The molecule has 9 heteroatoms. The summed E-state index contributed by atoms with van der Waals surface area (Å²) in [7, 11) is 0. The molecule has 194 valence electrons. The van der Waals surface area contributed by atoms with Gasteiger partial charge in [-0.1, -0.05) is 30.3 Å². The van der Waals surface area contributed by atoms with E-state index in [-0.39, 0.29) is 19.8 Å². The predicted molar refractivity (Wildman–Crippen MR) is 134 cm³/mol. The molecule has 0 spiro atoms. The summed E-state index contributed by atoms with van der Waals surface area (Å²) < 4.78 is 23.4. The van der Waals surface area contributed by atoms with Crippen molar-refractivity contribution in [2.45, 2.75) is 48.8 Å². The smallest absolute Gasteiger partial charge is 0.145 e. The molecule has 0 unspecified atom stereocenters. The summed E-state index contributed by atoms with van der Waals surface area (Å²) in [4.78, 5) is 34.4. The maximum atomic E-state index is 11.2. The van der Waals surface area contributed by atoms with Gasteiger partial charge in [-0.15, -0.1) is 11.8 Å². The maximum Gasteiger partial charge on any atom is 0.145 e. The van der Waals surface area contributed by atoms with Crippen LogP contribution in [-0.2, 0) is 39.8 Å². The SMILES string of the molecule is CSc1ccc(Cc2cc([C@@H]3O[C@H](CO)[C@@H](OCC=O)[C@H](OCC=O)[C@H]3OCC=O)ccc2C)cc1. The summed E-state index contributed by atoms with van der Waals surface area (Å²) in [6.07, 6.45) is 0.408. The Kier molecular flexibility index (Phi) is 11.2. The number of benzene rings is 2. The minimum atomic E-state index is -0.882. The van der Waals surface area contributed by atoms with Gasteiger partial charge in [0.05, 0.1) is 6.61 Å². The Morgan fingerprint density at radius 3 is 2.08 bits per heavy atom. The van der Waals surface area contributed by atoms with E-state index in [9.17, 15) is 19.5 Å². The number of rotatable bonds is 14. The maximum absolute atomic E-state index is 11.2. The minimum Gasteiger partial charge on any atom is -0.394 e. The molecule has 0 aliphatic carbocycles. The highest BCUT2D eigenvalue weighted by molar-refractivity contribution is 7.98. The van der Waals surface area contributed by atoms with Crippen LogP contribution in [-0.4, -0.2) is 81.1 Å². The van der Waals surface area contributed by atoms with Crippen LogP contribution < -0.4 is 0 Å². The largest absolute Gasteiger partial charge is 0.394 e. The lowest BCUT2D eigenvalue weighted by Crippen LogP contribution is -2.58. The van der Waals surface area contributed by atoms with Crippen LogP contribution in [0.4, 0.5) is 0 Å². The summed E-state index contributed by atoms with van der Waals surface area (Å²) in [6, 6.07) is 14.3. The summed E-state index contributed by atoms with van der Waals surface area (Å²) in [5, 5.41) is 10.1. The molecule has 1 N–H and O–H groups in total. The van der Waals surface area contributed by atoms with Gasteiger partial charge in [0.15, 0.2) is 0 Å². The molecule has 1 fully saturated rings. The normalized spacial score (nSPS) is 23.8. The van der Waals surface area contributed by atoms with E-state index in [2.05, 4.69) is 24.3 Å². The van der Waals surface area contributed by atoms with Crippen LogP contribution in [0.2, 0.25) is 0 Å². The standard InChI is InChI=1S/C27H32O8S/c1-18-3-6-20(16-21(18)15-19-4-7-22(36-2)8-5-19)24-26(33-13-10-29)27(34-14-11-30)25(32-12-9-28)23(17-31)35-24/h3-11,16,23-27,31H,12-15,17H2,1-2H3/t23-,24+,25-,26+,27+/m1/s1. The van der Waals surface area contributed by atoms with Gasteiger partial charge in [-0.05, 0) is 54.0 Å². The molecular formula is C27H32O8S. The predicted octanol–water partition coefficient (Wildman–Crippen LogP) is 2.49. The quantitative estimate of drug-likeness (QED) is 0.299. The number of aryl methyl sites for hydroxylation is 1. The first-order chi connectivity index (χ1) is 17.6. The van der Waals surface area contributed by atoms with Crippen molar-refractivity contribution < 1.29 is 38.4 Å². The van der Waals surface area contributed by atoms with Gasteiger partial charge in [-0.3, -0.25) is 0 Å². The van der Waals surface area contributed by atoms with Gasteiger partial charge in [0.25, 0.3) is 0 Å². The van der Waals surface area contributed by atoms with E-state index in [1.807, 2.05) is 31.4 Å². The molecule has 2 aromatic carbocycles. The van der Waals surface area contributed by atoms with Crippen molar-refractivity contribution in [3.63, 3.8) is 0 Å². The van der Waals surface area contributed by atoms with Gasteiger partial charge in [0.1, 0.15) is 69.2 Å². The molecular weight excluding hydrogens is 484 g/mol. The summed E-state index contributed by atoms with van der Waals surface area (Å²) >= 11 is 1.69. The lowest BCUT2D eigenvalue weighted by molar-refractivity contribution is -0.261. The van der Waals surface area contributed by atoms with Crippen molar-refractivity contribution in [2.24, 2.45) is 0 Å². The molecule has 0 bridgehead atoms. The molecule has 3 rings (SSSR count). The van der Waals surface area contributed by atoms with E-state index in [0.29, 0.717) is 25.3 Å². The highest BCUT2D eigenvalue weighted by Gasteiger charge is 2.48. The molecule has 2 aromatic rings. The third-order valence-corrected chi connectivity index (χ3v) is 6.88. The van der Waals surface area contributed by atoms with E-state index in [4.69, 9.17) is 18.9 Å². The molecule has 0 amide bonds. The fourth-order valence-corrected chi connectivity index (χ4v) is 4.78. The number of aliphatic hydroxyl groups is 1. The number of ether oxygens (including phenoxy) is 4. The van der Waals surface area contributed by atoms with Crippen LogP contribution in [0.5, 0.6) is 0 Å². The first kappa shape index (κ1) is 28.2. The van der Waals surface area contributed by atoms with Gasteiger partial charge in [0, 0.05) is 4.90 Å². The van der Waals surface area contributed by atoms with Crippen LogP contribution in [0.25, 0.3) is 0 Å². The van der Waals surface area contributed by atoms with Crippen molar-refractivity contribution in [3.05, 3.63) is 64.7 Å². The second-order valence-electron chi connectivity index (χ2n) is 8.38. The molecule has 1 aliphatic heterocycles. The van der Waals surface area contributed by atoms with Crippen molar-refractivity contribution in [3.8, 4) is 0 Å². The molecule has 1 heterocycles. The fourth-order valence-electron chi connectivity index (χ4n) is 4.38. The van der Waals surface area contributed by atoms with Crippen molar-refractivity contribution in [2.75, 3.05) is 32.7 Å². The van der Waals surface area contributed by atoms with E-state index in [1.54, 1.807) is 11.8 Å². The topological polar surface area (TPSA) is 108 Å². The molecule has 5 atom stereocenters. The number of carbonyl (C=O) groups excluding carboxylic acids is 3. The first-order valence-electron chi connectivity index (χ1n) is 11.7. The zero-order valence-electron chi connectivity index (χ0n) is 20.4. The van der Waals surface area contributed by atoms with Crippen LogP contribution in [0.3, 0.4) is 0 Å². The van der Waals surface area contributed by atoms with Gasteiger partial charge in [-0.25, -0.2) is 0 Å². The lowest BCUT2D eigenvalue weighted by Gasteiger charge is -2.45. The molecule has 0 aromatic heterocycles. The minimum absolute atomic E-state index is 0.226. The van der Waals surface area contributed by atoms with Gasteiger partial charge in [-0.2, -0.15) is 0 Å². The van der Waals surface area contributed by atoms with Crippen LogP contribution in [0.1, 0.15) is 28.4 Å². The Morgan fingerprint density at radius 2 is 1.50 bits per heavy atom. The third-order valence-electron chi connectivity index (χ3n) is 6.14. The number of hydrogen-bond donors (Lipinski definition) is 1. The Balaban J connectivity index is 1.96. The van der Waals surface area contributed by atoms with E-state index >= 15 is 0 Å². The third kappa shape index (κ3) is 7.09. The highest BCUT2D eigenvalue weighted by Crippen LogP contribution is 2.37. The summed E-state index contributed by atoms with van der Waals surface area (Å²) in [6.45, 7) is 0.911. The highest BCUT2D eigenvalue weighted by atomic mass is 32.2. The van der Waals surface area contributed by atoms with Gasteiger partial charge >= 0.3 is 0 Å². The van der Waals surface area contributed by atoms with E-state index in [0.717, 1.165) is 22.3 Å². The Labute approximate surface area is 215 Å². The average Bonchev–Trinajstić information content (AvgIpc) is 2.91. The monoisotopic (exact) mass is 516 g/mol. The summed E-state index contributed by atoms with van der Waals surface area (Å²) in [5.74, 6) is 0. The number of aldehydes is 3. The average molecular weight is 517 g/mol. The van der Waals surface area contributed by atoms with Crippen molar-refractivity contribution >= 4 is 30.6 Å². The van der Waals surface area contributed by atoms with Crippen LogP contribution in [0, 0.1) is 6.92 Å². The van der Waals surface area contributed by atoms with Gasteiger partial charge < -0.3 is 38.4 Å². The Hall–Kier alpha value is -2.40. The van der Waals surface area contributed by atoms with Crippen LogP contribution in [0.15, 0.2) is 47.4 Å². The Bertz CT molecular complexity index is 996. The first-order valence-corrected chi connectivity index (χ1v) is 12.9. The molecule has 0 saturated carbocycles. The number of carbonyl (C=O) groups is 3. The zero-order valence-corrected chi connectivity index (χ0v) is 21.2. The van der Waals surface area contributed by atoms with Crippen LogP contribution >= 0.6 is 11.8 Å².